The van der Waals surface area contributed by atoms with Crippen molar-refractivity contribution in [2.24, 2.45) is 0 Å². The molecule has 0 aromatic rings. The molecule has 4 heteroatoms. The van der Waals surface area contributed by atoms with E-state index >= 15 is 0 Å². The van der Waals surface area contributed by atoms with Crippen molar-refractivity contribution in [2.45, 2.75) is 117 Å². The number of hydrogen-bond donors (Lipinski definition) is 2. The van der Waals surface area contributed by atoms with Gasteiger partial charge in [-0.25, -0.2) is 0 Å². The molecule has 0 amide bonds. The number of hydrogen-bond acceptors (Lipinski definition) is 4. The first kappa shape index (κ1) is 24.8. The maximum Gasteiger partial charge on any atom is 0.305 e. The number of unbranched alkanes of at least 4 members (excludes halogenated alkanes) is 10. The van der Waals surface area contributed by atoms with Crippen molar-refractivity contribution in [3.63, 3.8) is 0 Å². The van der Waals surface area contributed by atoms with Crippen molar-refractivity contribution >= 4 is 5.97 Å². The standard InChI is InChI=1S/C22H42O4/c1-3-5-7-8-10-13-16-20(23)21(24)17-14-11-9-12-15-18-22(25)26-19-6-4-2/h23-24H,3-19H2,1-2H3/b21-20-. The Balaban J connectivity index is 3.53. The Labute approximate surface area is 161 Å². The predicted octanol–water partition coefficient (Wildman–Crippen LogP) is 7.14. The van der Waals surface area contributed by atoms with E-state index in [1.807, 2.05) is 0 Å². The molecule has 0 rings (SSSR count). The molecule has 26 heavy (non-hydrogen) atoms. The van der Waals surface area contributed by atoms with Crippen molar-refractivity contribution in [3.8, 4) is 0 Å². The van der Waals surface area contributed by atoms with Crippen molar-refractivity contribution in [3.05, 3.63) is 11.5 Å². The van der Waals surface area contributed by atoms with Crippen molar-refractivity contribution in [2.75, 3.05) is 6.61 Å². The molecular formula is C22H42O4. The van der Waals surface area contributed by atoms with E-state index in [9.17, 15) is 15.0 Å². The molecule has 0 atom stereocenters. The molecular weight excluding hydrogens is 328 g/mol. The second kappa shape index (κ2) is 18.6. The Morgan fingerprint density at radius 2 is 1.04 bits per heavy atom. The Kier molecular flexibility index (Phi) is 17.7. The molecule has 0 heterocycles. The predicted molar refractivity (Wildman–Crippen MR) is 108 cm³/mol. The third-order valence-corrected chi connectivity index (χ3v) is 4.66. The van der Waals surface area contributed by atoms with E-state index in [4.69, 9.17) is 4.74 Å². The van der Waals surface area contributed by atoms with Crippen LogP contribution in [0.2, 0.25) is 0 Å². The number of ether oxygens (including phenoxy) is 1. The molecule has 4 nitrogen and oxygen atoms in total. The fourth-order valence-electron chi connectivity index (χ4n) is 2.86. The molecule has 0 unspecified atom stereocenters. The van der Waals surface area contributed by atoms with Gasteiger partial charge in [0.05, 0.1) is 6.61 Å². The first-order valence-electron chi connectivity index (χ1n) is 10.9. The van der Waals surface area contributed by atoms with E-state index in [0.717, 1.165) is 57.8 Å². The summed E-state index contributed by atoms with van der Waals surface area (Å²) in [6.07, 6.45) is 15.6. The minimum Gasteiger partial charge on any atom is -0.509 e. The summed E-state index contributed by atoms with van der Waals surface area (Å²) in [5, 5.41) is 19.8. The summed E-state index contributed by atoms with van der Waals surface area (Å²) in [6.45, 7) is 4.83. The second-order valence-corrected chi connectivity index (χ2v) is 7.25. The Bertz CT molecular complexity index is 363. The minimum atomic E-state index is -0.0846. The van der Waals surface area contributed by atoms with Crippen LogP contribution in [0.25, 0.3) is 0 Å². The summed E-state index contributed by atoms with van der Waals surface area (Å²) >= 11 is 0. The summed E-state index contributed by atoms with van der Waals surface area (Å²) in [4.78, 5) is 11.4. The number of esters is 1. The molecule has 0 spiro atoms. The van der Waals surface area contributed by atoms with Crippen molar-refractivity contribution < 1.29 is 19.7 Å². The molecule has 0 aromatic heterocycles. The van der Waals surface area contributed by atoms with Gasteiger partial charge in [0.25, 0.3) is 0 Å². The van der Waals surface area contributed by atoms with E-state index < -0.39 is 0 Å². The number of carbonyl (C=O) groups is 1. The normalized spacial score (nSPS) is 12.1. The number of allylic oxidation sites excluding steroid dienone is 2. The van der Waals surface area contributed by atoms with Crippen LogP contribution in [-0.2, 0) is 9.53 Å². The van der Waals surface area contributed by atoms with Gasteiger partial charge < -0.3 is 14.9 Å². The zero-order valence-electron chi connectivity index (χ0n) is 17.2. The van der Waals surface area contributed by atoms with E-state index in [0.29, 0.717) is 25.9 Å². The zero-order valence-corrected chi connectivity index (χ0v) is 17.2. The summed E-state index contributed by atoms with van der Waals surface area (Å²) in [5.41, 5.74) is 0. The lowest BCUT2D eigenvalue weighted by molar-refractivity contribution is -0.143. The largest absolute Gasteiger partial charge is 0.509 e. The molecule has 0 saturated carbocycles. The Morgan fingerprint density at radius 1 is 0.615 bits per heavy atom. The first-order valence-corrected chi connectivity index (χ1v) is 10.9. The summed E-state index contributed by atoms with van der Waals surface area (Å²) in [7, 11) is 0. The smallest absolute Gasteiger partial charge is 0.305 e. The van der Waals surface area contributed by atoms with Crippen LogP contribution in [0.4, 0.5) is 0 Å². The van der Waals surface area contributed by atoms with E-state index in [1.54, 1.807) is 0 Å². The molecule has 0 bridgehead atoms. The van der Waals surface area contributed by atoms with Crippen molar-refractivity contribution in [1.82, 2.24) is 0 Å². The lowest BCUT2D eigenvalue weighted by atomic mass is 10.1. The Hall–Kier alpha value is -1.19. The SMILES string of the molecule is CCCCCCCC/C(O)=C(/O)CCCCCCCC(=O)OCCCC. The molecule has 0 aromatic carbocycles. The number of rotatable bonds is 18. The minimum absolute atomic E-state index is 0.0846. The van der Waals surface area contributed by atoms with Crippen LogP contribution in [0.1, 0.15) is 117 Å². The second-order valence-electron chi connectivity index (χ2n) is 7.25. The van der Waals surface area contributed by atoms with E-state index in [2.05, 4.69) is 13.8 Å². The van der Waals surface area contributed by atoms with Gasteiger partial charge in [0.2, 0.25) is 0 Å². The molecule has 0 radical (unpaired) electrons. The van der Waals surface area contributed by atoms with E-state index in [-0.39, 0.29) is 17.5 Å². The lowest BCUT2D eigenvalue weighted by Gasteiger charge is -2.06. The third kappa shape index (κ3) is 16.3. The highest BCUT2D eigenvalue weighted by Gasteiger charge is 2.05. The van der Waals surface area contributed by atoms with Gasteiger partial charge in [-0.05, 0) is 25.7 Å². The zero-order chi connectivity index (χ0) is 19.5. The number of aliphatic hydroxyl groups excluding tert-OH is 2. The van der Waals surface area contributed by atoms with Gasteiger partial charge in [-0.2, -0.15) is 0 Å². The molecule has 154 valence electrons. The van der Waals surface area contributed by atoms with Gasteiger partial charge >= 0.3 is 5.97 Å². The van der Waals surface area contributed by atoms with Crippen LogP contribution in [-0.4, -0.2) is 22.8 Å². The quantitative estimate of drug-likeness (QED) is 0.153. The van der Waals surface area contributed by atoms with Crippen LogP contribution in [0.5, 0.6) is 0 Å². The van der Waals surface area contributed by atoms with E-state index in [1.165, 1.54) is 25.7 Å². The third-order valence-electron chi connectivity index (χ3n) is 4.66. The first-order chi connectivity index (χ1) is 12.6. The molecule has 0 saturated heterocycles. The molecule has 0 aliphatic heterocycles. The number of aliphatic hydroxyl groups is 2. The van der Waals surface area contributed by atoms with Crippen LogP contribution >= 0.6 is 0 Å². The van der Waals surface area contributed by atoms with Crippen molar-refractivity contribution in [1.29, 1.82) is 0 Å². The highest BCUT2D eigenvalue weighted by molar-refractivity contribution is 5.69. The lowest BCUT2D eigenvalue weighted by Crippen LogP contribution is -2.05. The fourth-order valence-corrected chi connectivity index (χ4v) is 2.86. The number of carbonyl (C=O) groups excluding carboxylic acids is 1. The van der Waals surface area contributed by atoms with Crippen LogP contribution < -0.4 is 0 Å². The average Bonchev–Trinajstić information content (AvgIpc) is 2.63. The highest BCUT2D eigenvalue weighted by Crippen LogP contribution is 2.16. The summed E-state index contributed by atoms with van der Waals surface area (Å²) in [6, 6.07) is 0. The topological polar surface area (TPSA) is 66.8 Å². The summed E-state index contributed by atoms with van der Waals surface area (Å²) < 4.78 is 5.12. The van der Waals surface area contributed by atoms with Gasteiger partial charge in [0.15, 0.2) is 0 Å². The molecule has 0 aliphatic carbocycles. The average molecular weight is 371 g/mol. The summed E-state index contributed by atoms with van der Waals surface area (Å²) in [5.74, 6) is 0.257. The monoisotopic (exact) mass is 370 g/mol. The van der Waals surface area contributed by atoms with Crippen LogP contribution in [0, 0.1) is 0 Å². The Morgan fingerprint density at radius 3 is 1.54 bits per heavy atom. The van der Waals surface area contributed by atoms with Crippen LogP contribution in [0.3, 0.4) is 0 Å². The molecule has 0 aliphatic rings. The fraction of sp³-hybridized carbons (Fsp3) is 0.864. The molecule has 2 N–H and O–H groups in total. The maximum absolute atomic E-state index is 11.4. The van der Waals surface area contributed by atoms with Gasteiger partial charge in [0, 0.05) is 19.3 Å². The highest BCUT2D eigenvalue weighted by atomic mass is 16.5. The van der Waals surface area contributed by atoms with Gasteiger partial charge in [-0.1, -0.05) is 71.6 Å². The van der Waals surface area contributed by atoms with Gasteiger partial charge in [0.1, 0.15) is 11.5 Å². The van der Waals surface area contributed by atoms with Gasteiger partial charge in [-0.15, -0.1) is 0 Å². The molecule has 0 fully saturated rings. The maximum atomic E-state index is 11.4. The van der Waals surface area contributed by atoms with Gasteiger partial charge in [-0.3, -0.25) is 4.79 Å². The van der Waals surface area contributed by atoms with Crippen LogP contribution in [0.15, 0.2) is 11.5 Å².